The van der Waals surface area contributed by atoms with Gasteiger partial charge in [0.1, 0.15) is 0 Å². The van der Waals surface area contributed by atoms with Crippen LogP contribution < -0.4 is 0 Å². The second-order valence-corrected chi connectivity index (χ2v) is 9.27. The molecule has 0 unspecified atom stereocenters. The van der Waals surface area contributed by atoms with Crippen LogP contribution in [0.15, 0.2) is 27.4 Å². The van der Waals surface area contributed by atoms with E-state index in [1.807, 2.05) is 6.92 Å². The number of rotatable bonds is 5. The van der Waals surface area contributed by atoms with Crippen LogP contribution in [0.3, 0.4) is 0 Å². The number of hydrogen-bond donors (Lipinski definition) is 0. The molecule has 0 amide bonds. The van der Waals surface area contributed by atoms with Crippen LogP contribution in [-0.4, -0.2) is 25.3 Å². The second-order valence-electron chi connectivity index (χ2n) is 4.77. The maximum absolute atomic E-state index is 12.8. The maximum atomic E-state index is 12.8. The lowest BCUT2D eigenvalue weighted by Gasteiger charge is -2.26. The van der Waals surface area contributed by atoms with Crippen molar-refractivity contribution in [2.45, 2.75) is 43.5 Å². The summed E-state index contributed by atoms with van der Waals surface area (Å²) in [7, 11) is -3.41. The SMILES string of the molecule is C=CCN(C1CCCC1)S(=O)(=O)c1cc(Br)sc1C. The lowest BCUT2D eigenvalue weighted by atomic mass is 10.2. The van der Waals surface area contributed by atoms with Crippen LogP contribution in [0.5, 0.6) is 0 Å². The van der Waals surface area contributed by atoms with Gasteiger partial charge in [0.05, 0.1) is 8.68 Å². The Morgan fingerprint density at radius 2 is 2.16 bits per heavy atom. The summed E-state index contributed by atoms with van der Waals surface area (Å²) in [5.74, 6) is 0. The molecule has 1 aromatic rings. The lowest BCUT2D eigenvalue weighted by Crippen LogP contribution is -2.38. The molecule has 3 nitrogen and oxygen atoms in total. The summed E-state index contributed by atoms with van der Waals surface area (Å²) < 4.78 is 28.1. The standard InChI is InChI=1S/C13H18BrNO2S2/c1-3-8-15(11-6-4-5-7-11)19(16,17)12-9-13(14)18-10(12)2/h3,9,11H,1,4-8H2,2H3. The molecule has 0 bridgehead atoms. The summed E-state index contributed by atoms with van der Waals surface area (Å²) in [5.41, 5.74) is 0. The van der Waals surface area contributed by atoms with Crippen molar-refractivity contribution in [2.24, 2.45) is 0 Å². The predicted molar refractivity (Wildman–Crippen MR) is 83.1 cm³/mol. The maximum Gasteiger partial charge on any atom is 0.244 e. The van der Waals surface area contributed by atoms with E-state index < -0.39 is 10.0 Å². The number of aryl methyl sites for hydroxylation is 1. The molecule has 0 aliphatic heterocycles. The van der Waals surface area contributed by atoms with E-state index in [4.69, 9.17) is 0 Å². The number of hydrogen-bond acceptors (Lipinski definition) is 3. The van der Waals surface area contributed by atoms with E-state index in [0.29, 0.717) is 11.4 Å². The van der Waals surface area contributed by atoms with Crippen molar-refractivity contribution in [2.75, 3.05) is 6.54 Å². The molecule has 2 rings (SSSR count). The highest BCUT2D eigenvalue weighted by Crippen LogP contribution is 2.34. The molecule has 6 heteroatoms. The summed E-state index contributed by atoms with van der Waals surface area (Å²) >= 11 is 4.82. The molecule has 106 valence electrons. The Morgan fingerprint density at radius 3 is 2.63 bits per heavy atom. The average Bonchev–Trinajstić information content (AvgIpc) is 2.95. The average molecular weight is 364 g/mol. The molecule has 0 spiro atoms. The molecular weight excluding hydrogens is 346 g/mol. The Morgan fingerprint density at radius 1 is 1.53 bits per heavy atom. The molecule has 0 aromatic carbocycles. The topological polar surface area (TPSA) is 37.4 Å². The van der Waals surface area contributed by atoms with Gasteiger partial charge in [0, 0.05) is 17.5 Å². The van der Waals surface area contributed by atoms with Crippen LogP contribution in [0, 0.1) is 6.92 Å². The zero-order valence-electron chi connectivity index (χ0n) is 10.9. The zero-order chi connectivity index (χ0) is 14.0. The van der Waals surface area contributed by atoms with Crippen LogP contribution in [0.4, 0.5) is 0 Å². The normalized spacial score (nSPS) is 17.2. The number of nitrogens with zero attached hydrogens (tertiary/aromatic N) is 1. The van der Waals surface area contributed by atoms with E-state index in [-0.39, 0.29) is 6.04 Å². The van der Waals surface area contributed by atoms with Crippen molar-refractivity contribution in [3.05, 3.63) is 27.4 Å². The Balaban J connectivity index is 2.38. The summed E-state index contributed by atoms with van der Waals surface area (Å²) in [6.07, 6.45) is 5.81. The molecule has 0 atom stereocenters. The van der Waals surface area contributed by atoms with E-state index in [1.165, 1.54) is 11.3 Å². The fraction of sp³-hybridized carbons (Fsp3) is 0.538. The van der Waals surface area contributed by atoms with Gasteiger partial charge in [-0.15, -0.1) is 17.9 Å². The smallest absolute Gasteiger partial charge is 0.207 e. The van der Waals surface area contributed by atoms with E-state index in [2.05, 4.69) is 22.5 Å². The van der Waals surface area contributed by atoms with Gasteiger partial charge in [-0.05, 0) is 41.8 Å². The van der Waals surface area contributed by atoms with Gasteiger partial charge in [0.25, 0.3) is 0 Å². The minimum absolute atomic E-state index is 0.126. The van der Waals surface area contributed by atoms with Gasteiger partial charge in [-0.3, -0.25) is 0 Å². The molecule has 0 saturated heterocycles. The second kappa shape index (κ2) is 6.08. The lowest BCUT2D eigenvalue weighted by molar-refractivity contribution is 0.347. The predicted octanol–water partition coefficient (Wildman–Crippen LogP) is 3.94. The van der Waals surface area contributed by atoms with E-state index in [0.717, 1.165) is 34.3 Å². The van der Waals surface area contributed by atoms with Crippen molar-refractivity contribution in [3.63, 3.8) is 0 Å². The first-order valence-electron chi connectivity index (χ1n) is 6.35. The van der Waals surface area contributed by atoms with Crippen molar-refractivity contribution in [3.8, 4) is 0 Å². The van der Waals surface area contributed by atoms with Crippen molar-refractivity contribution < 1.29 is 8.42 Å². The Hall–Kier alpha value is -0.170. The third-order valence-corrected chi connectivity index (χ3v) is 7.20. The van der Waals surface area contributed by atoms with E-state index in [1.54, 1.807) is 16.4 Å². The summed E-state index contributed by atoms with van der Waals surface area (Å²) in [4.78, 5) is 1.26. The van der Waals surface area contributed by atoms with Crippen LogP contribution in [-0.2, 0) is 10.0 Å². The molecule has 1 aliphatic carbocycles. The molecule has 1 aromatic heterocycles. The largest absolute Gasteiger partial charge is 0.244 e. The minimum atomic E-state index is -3.41. The van der Waals surface area contributed by atoms with Crippen molar-refractivity contribution in [1.29, 1.82) is 0 Å². The number of thiophene rings is 1. The molecule has 0 N–H and O–H groups in total. The zero-order valence-corrected chi connectivity index (χ0v) is 14.2. The number of sulfonamides is 1. The third kappa shape index (κ3) is 3.12. The first-order valence-corrected chi connectivity index (χ1v) is 9.40. The quantitative estimate of drug-likeness (QED) is 0.743. The fourth-order valence-corrected chi connectivity index (χ4v) is 6.62. The highest BCUT2D eigenvalue weighted by molar-refractivity contribution is 9.11. The van der Waals surface area contributed by atoms with Crippen molar-refractivity contribution >= 4 is 37.3 Å². The van der Waals surface area contributed by atoms with Crippen LogP contribution in [0.1, 0.15) is 30.6 Å². The van der Waals surface area contributed by atoms with Gasteiger partial charge in [-0.2, -0.15) is 4.31 Å². The Kier molecular flexibility index (Phi) is 4.87. The molecule has 0 radical (unpaired) electrons. The van der Waals surface area contributed by atoms with Gasteiger partial charge in [-0.25, -0.2) is 8.42 Å². The highest BCUT2D eigenvalue weighted by atomic mass is 79.9. The number of halogens is 1. The molecule has 19 heavy (non-hydrogen) atoms. The van der Waals surface area contributed by atoms with Gasteiger partial charge in [-0.1, -0.05) is 18.9 Å². The minimum Gasteiger partial charge on any atom is -0.207 e. The highest BCUT2D eigenvalue weighted by Gasteiger charge is 2.33. The molecule has 1 aliphatic rings. The molecule has 1 saturated carbocycles. The third-order valence-electron chi connectivity index (χ3n) is 3.47. The van der Waals surface area contributed by atoms with Crippen LogP contribution >= 0.6 is 27.3 Å². The van der Waals surface area contributed by atoms with E-state index >= 15 is 0 Å². The fourth-order valence-electron chi connectivity index (χ4n) is 2.58. The van der Waals surface area contributed by atoms with Crippen LogP contribution in [0.2, 0.25) is 0 Å². The first-order chi connectivity index (χ1) is 8.96. The van der Waals surface area contributed by atoms with Gasteiger partial charge in [0.2, 0.25) is 10.0 Å². The van der Waals surface area contributed by atoms with E-state index in [9.17, 15) is 8.42 Å². The summed E-state index contributed by atoms with van der Waals surface area (Å²) in [5, 5.41) is 0. The Bertz CT molecular complexity index is 559. The molecule has 1 fully saturated rings. The first kappa shape index (κ1) is 15.2. The summed E-state index contributed by atoms with van der Waals surface area (Å²) in [6, 6.07) is 1.83. The van der Waals surface area contributed by atoms with Gasteiger partial charge >= 0.3 is 0 Å². The molecular formula is C13H18BrNO2S2. The molecule has 1 heterocycles. The summed E-state index contributed by atoms with van der Waals surface area (Å²) in [6.45, 7) is 5.93. The van der Waals surface area contributed by atoms with Crippen molar-refractivity contribution in [1.82, 2.24) is 4.31 Å². The Labute approximate surface area is 127 Å². The van der Waals surface area contributed by atoms with Crippen LogP contribution in [0.25, 0.3) is 0 Å². The van der Waals surface area contributed by atoms with Gasteiger partial charge < -0.3 is 0 Å². The monoisotopic (exact) mass is 363 g/mol. The van der Waals surface area contributed by atoms with Gasteiger partial charge in [0.15, 0.2) is 0 Å².